The van der Waals surface area contributed by atoms with Crippen LogP contribution in [0.4, 0.5) is 8.78 Å². The Morgan fingerprint density at radius 3 is 1.91 bits per heavy atom. The second kappa shape index (κ2) is 13.0. The Morgan fingerprint density at radius 2 is 1.40 bits per heavy atom. The second-order valence-corrected chi connectivity index (χ2v) is 7.54. The number of carbonyl (C=O) groups excluding carboxylic acids is 4. The van der Waals surface area contributed by atoms with E-state index in [0.717, 1.165) is 12.1 Å². The van der Waals surface area contributed by atoms with E-state index in [0.29, 0.717) is 17.9 Å². The maximum atomic E-state index is 12.5. The van der Waals surface area contributed by atoms with Crippen LogP contribution in [0.2, 0.25) is 0 Å². The lowest BCUT2D eigenvalue weighted by atomic mass is 10.0. The maximum Gasteiger partial charge on any atom is 0.387 e. The second-order valence-electron chi connectivity index (χ2n) is 7.54. The highest BCUT2D eigenvalue weighted by Crippen LogP contribution is 2.15. The molecule has 9 nitrogen and oxygen atoms in total. The van der Waals surface area contributed by atoms with Crippen molar-refractivity contribution < 1.29 is 42.2 Å². The molecule has 0 saturated heterocycles. The van der Waals surface area contributed by atoms with Crippen LogP contribution in [0.1, 0.15) is 41.5 Å². The molecule has 11 heteroatoms. The number of alkyl halides is 2. The zero-order valence-electron chi connectivity index (χ0n) is 19.4. The smallest absolute Gasteiger partial charge is 0.387 e. The Balaban J connectivity index is 1.88. The molecule has 0 fully saturated rings. The number of rotatable bonds is 11. The molecule has 2 aromatic carbocycles. The first-order valence-corrected chi connectivity index (χ1v) is 10.7. The van der Waals surface area contributed by atoms with Crippen molar-refractivity contribution in [1.29, 1.82) is 0 Å². The SMILES string of the molecule is CCOc1ccc(C(=O)NC(C(=O)OCC(=O)NC(=O)c2ccc(OC(F)F)cc2)C(C)C)cc1. The number of halogens is 2. The van der Waals surface area contributed by atoms with Gasteiger partial charge in [0.1, 0.15) is 17.5 Å². The summed E-state index contributed by atoms with van der Waals surface area (Å²) in [4.78, 5) is 49.2. The van der Waals surface area contributed by atoms with Crippen molar-refractivity contribution in [2.75, 3.05) is 13.2 Å². The molecule has 0 bridgehead atoms. The van der Waals surface area contributed by atoms with Crippen molar-refractivity contribution in [3.8, 4) is 11.5 Å². The van der Waals surface area contributed by atoms with Gasteiger partial charge in [-0.1, -0.05) is 13.8 Å². The van der Waals surface area contributed by atoms with E-state index >= 15 is 0 Å². The Morgan fingerprint density at radius 1 is 0.857 bits per heavy atom. The summed E-state index contributed by atoms with van der Waals surface area (Å²) >= 11 is 0. The minimum atomic E-state index is -3.01. The highest BCUT2D eigenvalue weighted by molar-refractivity contribution is 6.05. The van der Waals surface area contributed by atoms with Gasteiger partial charge in [-0.2, -0.15) is 8.78 Å². The van der Waals surface area contributed by atoms with E-state index in [9.17, 15) is 28.0 Å². The molecule has 0 heterocycles. The minimum Gasteiger partial charge on any atom is -0.494 e. The molecule has 35 heavy (non-hydrogen) atoms. The Kier molecular flexibility index (Phi) is 10.1. The molecule has 0 radical (unpaired) electrons. The van der Waals surface area contributed by atoms with Crippen LogP contribution in [0.25, 0.3) is 0 Å². The summed E-state index contributed by atoms with van der Waals surface area (Å²) in [6.45, 7) is 1.92. The number of nitrogens with one attached hydrogen (secondary N) is 2. The first kappa shape index (κ1) is 27.2. The largest absolute Gasteiger partial charge is 0.494 e. The molecular weight excluding hydrogens is 466 g/mol. The van der Waals surface area contributed by atoms with Crippen LogP contribution >= 0.6 is 0 Å². The first-order valence-electron chi connectivity index (χ1n) is 10.7. The van der Waals surface area contributed by atoms with E-state index in [1.807, 2.05) is 12.2 Å². The molecule has 0 aliphatic carbocycles. The topological polar surface area (TPSA) is 120 Å². The van der Waals surface area contributed by atoms with E-state index in [2.05, 4.69) is 10.1 Å². The molecule has 2 aromatic rings. The van der Waals surface area contributed by atoms with Gasteiger partial charge >= 0.3 is 12.6 Å². The molecule has 1 unspecified atom stereocenters. The van der Waals surface area contributed by atoms with E-state index in [-0.39, 0.29) is 17.2 Å². The van der Waals surface area contributed by atoms with Crippen LogP contribution in [-0.2, 0) is 14.3 Å². The summed E-state index contributed by atoms with van der Waals surface area (Å²) in [6, 6.07) is 9.99. The number of carbonyl (C=O) groups is 4. The lowest BCUT2D eigenvalue weighted by Crippen LogP contribution is -2.46. The Labute approximate surface area is 200 Å². The Hall–Kier alpha value is -4.02. The minimum absolute atomic E-state index is 0.00830. The van der Waals surface area contributed by atoms with Gasteiger partial charge in [-0.25, -0.2) is 4.79 Å². The fourth-order valence-corrected chi connectivity index (χ4v) is 2.84. The van der Waals surface area contributed by atoms with Gasteiger partial charge in [0, 0.05) is 11.1 Å². The highest BCUT2D eigenvalue weighted by Gasteiger charge is 2.27. The van der Waals surface area contributed by atoms with Gasteiger partial charge in [-0.3, -0.25) is 19.7 Å². The van der Waals surface area contributed by atoms with E-state index < -0.39 is 43.0 Å². The zero-order chi connectivity index (χ0) is 26.0. The standard InChI is InChI=1S/C24H26F2N2O7/c1-4-33-17-9-5-16(6-10-17)22(31)28-20(14(2)3)23(32)34-13-19(29)27-21(30)15-7-11-18(12-8-15)35-24(25)26/h5-12,14,20,24H,4,13H2,1-3H3,(H,28,31)(H,27,29,30). The van der Waals surface area contributed by atoms with Gasteiger partial charge in [-0.05, 0) is 61.4 Å². The molecule has 2 rings (SSSR count). The number of imide groups is 1. The number of hydrogen-bond donors (Lipinski definition) is 2. The Bertz CT molecular complexity index is 1030. The fourth-order valence-electron chi connectivity index (χ4n) is 2.84. The van der Waals surface area contributed by atoms with Gasteiger partial charge < -0.3 is 19.5 Å². The van der Waals surface area contributed by atoms with Gasteiger partial charge in [0.15, 0.2) is 6.61 Å². The third-order valence-electron chi connectivity index (χ3n) is 4.57. The predicted octanol–water partition coefficient (Wildman–Crippen LogP) is 2.94. The third-order valence-corrected chi connectivity index (χ3v) is 4.57. The highest BCUT2D eigenvalue weighted by atomic mass is 19.3. The lowest BCUT2D eigenvalue weighted by molar-refractivity contribution is -0.151. The molecular formula is C24H26F2N2O7. The lowest BCUT2D eigenvalue weighted by Gasteiger charge is -2.20. The number of benzene rings is 2. The summed E-state index contributed by atoms with van der Waals surface area (Å²) in [5, 5.41) is 4.59. The normalized spacial score (nSPS) is 11.5. The van der Waals surface area contributed by atoms with Crippen molar-refractivity contribution in [3.05, 3.63) is 59.7 Å². The molecule has 0 saturated carbocycles. The van der Waals surface area contributed by atoms with Crippen LogP contribution in [0.15, 0.2) is 48.5 Å². The van der Waals surface area contributed by atoms with Crippen molar-refractivity contribution in [3.63, 3.8) is 0 Å². The van der Waals surface area contributed by atoms with Crippen LogP contribution in [0.5, 0.6) is 11.5 Å². The van der Waals surface area contributed by atoms with Crippen molar-refractivity contribution in [2.24, 2.45) is 5.92 Å². The van der Waals surface area contributed by atoms with Crippen molar-refractivity contribution in [2.45, 2.75) is 33.4 Å². The molecule has 0 spiro atoms. The fraction of sp³-hybridized carbons (Fsp3) is 0.333. The molecule has 2 N–H and O–H groups in total. The van der Waals surface area contributed by atoms with Crippen LogP contribution < -0.4 is 20.1 Å². The average molecular weight is 492 g/mol. The van der Waals surface area contributed by atoms with Crippen molar-refractivity contribution in [1.82, 2.24) is 10.6 Å². The number of amides is 3. The van der Waals surface area contributed by atoms with Gasteiger partial charge in [0.05, 0.1) is 6.61 Å². The predicted molar refractivity (Wildman–Crippen MR) is 120 cm³/mol. The molecule has 188 valence electrons. The summed E-state index contributed by atoms with van der Waals surface area (Å²) in [5.41, 5.74) is 0.314. The van der Waals surface area contributed by atoms with Gasteiger partial charge in [-0.15, -0.1) is 0 Å². The average Bonchev–Trinajstić information content (AvgIpc) is 2.81. The number of esters is 1. The molecule has 3 amide bonds. The van der Waals surface area contributed by atoms with Gasteiger partial charge in [0.25, 0.3) is 17.7 Å². The number of ether oxygens (including phenoxy) is 3. The van der Waals surface area contributed by atoms with Crippen LogP contribution in [0, 0.1) is 5.92 Å². The molecule has 0 aromatic heterocycles. The quantitative estimate of drug-likeness (QED) is 0.463. The third kappa shape index (κ3) is 8.69. The first-order chi connectivity index (χ1) is 16.6. The van der Waals surface area contributed by atoms with E-state index in [1.54, 1.807) is 38.1 Å². The monoisotopic (exact) mass is 492 g/mol. The van der Waals surface area contributed by atoms with Gasteiger partial charge in [0.2, 0.25) is 0 Å². The van der Waals surface area contributed by atoms with Crippen LogP contribution in [-0.4, -0.2) is 49.6 Å². The van der Waals surface area contributed by atoms with E-state index in [1.165, 1.54) is 12.1 Å². The maximum absolute atomic E-state index is 12.5. The zero-order valence-corrected chi connectivity index (χ0v) is 19.4. The van der Waals surface area contributed by atoms with Crippen LogP contribution in [0.3, 0.4) is 0 Å². The molecule has 0 aliphatic heterocycles. The van der Waals surface area contributed by atoms with Crippen molar-refractivity contribution >= 4 is 23.7 Å². The van der Waals surface area contributed by atoms with E-state index in [4.69, 9.17) is 9.47 Å². The summed E-state index contributed by atoms with van der Waals surface area (Å²) < 4.78 is 38.9. The summed E-state index contributed by atoms with van der Waals surface area (Å²) in [7, 11) is 0. The molecule has 1 atom stereocenters. The number of hydrogen-bond acceptors (Lipinski definition) is 7. The molecule has 0 aliphatic rings. The summed E-state index contributed by atoms with van der Waals surface area (Å²) in [5.74, 6) is -2.99. The summed E-state index contributed by atoms with van der Waals surface area (Å²) in [6.07, 6.45) is 0.